The van der Waals surface area contributed by atoms with Crippen LogP contribution in [-0.2, 0) is 13.0 Å². The summed E-state index contributed by atoms with van der Waals surface area (Å²) in [7, 11) is 4.01. The smallest absolute Gasteiger partial charge is 0.251 e. The molecule has 1 aromatic heterocycles. The van der Waals surface area contributed by atoms with Gasteiger partial charge < -0.3 is 15.2 Å². The number of nitrogens with zero attached hydrogens (tertiary/aromatic N) is 2. The number of H-pyrrole nitrogens is 1. The molecule has 6 heteroatoms. The van der Waals surface area contributed by atoms with Crippen LogP contribution in [0.25, 0.3) is 0 Å². The number of hydrogen-bond donors (Lipinski definition) is 2. The minimum atomic E-state index is -0.171. The van der Waals surface area contributed by atoms with Gasteiger partial charge in [-0.25, -0.2) is 4.98 Å². The molecule has 2 aromatic rings. The monoisotopic (exact) mass is 314 g/mol. The zero-order valence-corrected chi connectivity index (χ0v) is 13.7. The van der Waals surface area contributed by atoms with Gasteiger partial charge in [-0.1, -0.05) is 12.1 Å². The molecule has 1 aromatic carbocycles. The van der Waals surface area contributed by atoms with Crippen LogP contribution in [0.4, 0.5) is 0 Å². The fourth-order valence-electron chi connectivity index (χ4n) is 2.28. The van der Waals surface area contributed by atoms with Crippen LogP contribution in [0.3, 0.4) is 0 Å². The summed E-state index contributed by atoms with van der Waals surface area (Å²) in [5, 5.41) is 2.84. The summed E-state index contributed by atoms with van der Waals surface area (Å²) in [5.41, 5.74) is 2.29. The number of hydrogen-bond acceptors (Lipinski definition) is 4. The molecule has 0 aliphatic carbocycles. The molecule has 0 spiro atoms. The maximum atomic E-state index is 12.1. The lowest BCUT2D eigenvalue weighted by molar-refractivity contribution is 0.0954. The van der Waals surface area contributed by atoms with Gasteiger partial charge in [-0.3, -0.25) is 9.59 Å². The molecule has 0 fully saturated rings. The molecule has 0 bridgehead atoms. The van der Waals surface area contributed by atoms with Gasteiger partial charge in [-0.15, -0.1) is 0 Å². The third-order valence-corrected chi connectivity index (χ3v) is 3.28. The lowest BCUT2D eigenvalue weighted by Gasteiger charge is -2.10. The quantitative estimate of drug-likeness (QED) is 0.837. The number of carbonyl (C=O) groups is 1. The van der Waals surface area contributed by atoms with E-state index in [2.05, 4.69) is 20.2 Å². The van der Waals surface area contributed by atoms with E-state index in [-0.39, 0.29) is 11.5 Å². The van der Waals surface area contributed by atoms with Gasteiger partial charge in [0.15, 0.2) is 0 Å². The van der Waals surface area contributed by atoms with Crippen LogP contribution < -0.4 is 10.9 Å². The van der Waals surface area contributed by atoms with Gasteiger partial charge in [0.05, 0.1) is 0 Å². The van der Waals surface area contributed by atoms with Crippen molar-refractivity contribution in [2.45, 2.75) is 19.9 Å². The molecule has 2 rings (SSSR count). The van der Waals surface area contributed by atoms with Crippen LogP contribution in [0.2, 0.25) is 0 Å². The van der Waals surface area contributed by atoms with E-state index < -0.39 is 0 Å². The molecule has 0 aliphatic rings. The first-order valence-corrected chi connectivity index (χ1v) is 7.53. The Morgan fingerprint density at radius 1 is 1.26 bits per heavy atom. The highest BCUT2D eigenvalue weighted by atomic mass is 16.1. The third-order valence-electron chi connectivity index (χ3n) is 3.28. The Hall–Kier alpha value is -2.47. The van der Waals surface area contributed by atoms with Gasteiger partial charge in [0, 0.05) is 36.8 Å². The molecule has 0 saturated heterocycles. The van der Waals surface area contributed by atoms with Gasteiger partial charge >= 0.3 is 0 Å². The van der Waals surface area contributed by atoms with Crippen LogP contribution in [0, 0.1) is 6.92 Å². The van der Waals surface area contributed by atoms with Crippen molar-refractivity contribution in [2.24, 2.45) is 0 Å². The maximum absolute atomic E-state index is 12.1. The second kappa shape index (κ2) is 7.69. The zero-order chi connectivity index (χ0) is 16.8. The van der Waals surface area contributed by atoms with Crippen molar-refractivity contribution >= 4 is 5.91 Å². The standard InChI is InChI=1S/C17H22N4O2/c1-12-10-16(22)20-15(19-12)8-9-18-17(23)14-6-4-13(5-7-14)11-21(2)3/h4-7,10H,8-9,11H2,1-3H3,(H,18,23)(H,19,20,22). The van der Waals surface area contributed by atoms with Gasteiger partial charge in [-0.05, 0) is 38.7 Å². The predicted molar refractivity (Wildman–Crippen MR) is 89.5 cm³/mol. The van der Waals surface area contributed by atoms with Crippen LogP contribution >= 0.6 is 0 Å². The average Bonchev–Trinajstić information content (AvgIpc) is 2.46. The van der Waals surface area contributed by atoms with Crippen molar-refractivity contribution in [1.29, 1.82) is 0 Å². The molecule has 2 N–H and O–H groups in total. The summed E-state index contributed by atoms with van der Waals surface area (Å²) in [6.45, 7) is 3.03. The first-order valence-electron chi connectivity index (χ1n) is 7.53. The number of carbonyl (C=O) groups excluding carboxylic acids is 1. The van der Waals surface area contributed by atoms with Crippen LogP contribution in [0.1, 0.15) is 27.4 Å². The van der Waals surface area contributed by atoms with Crippen molar-refractivity contribution < 1.29 is 4.79 Å². The van der Waals surface area contributed by atoms with Gasteiger partial charge in [0.25, 0.3) is 11.5 Å². The molecular formula is C17H22N4O2. The lowest BCUT2D eigenvalue weighted by Crippen LogP contribution is -2.27. The van der Waals surface area contributed by atoms with E-state index in [4.69, 9.17) is 0 Å². The van der Waals surface area contributed by atoms with Crippen molar-refractivity contribution in [2.75, 3.05) is 20.6 Å². The van der Waals surface area contributed by atoms with Crippen molar-refractivity contribution in [3.05, 3.63) is 63.3 Å². The summed E-state index contributed by atoms with van der Waals surface area (Å²) < 4.78 is 0. The van der Waals surface area contributed by atoms with E-state index in [0.29, 0.717) is 30.0 Å². The summed E-state index contributed by atoms with van der Waals surface area (Å²) in [4.78, 5) is 32.4. The molecule has 23 heavy (non-hydrogen) atoms. The Balaban J connectivity index is 1.88. The highest BCUT2D eigenvalue weighted by Crippen LogP contribution is 2.06. The number of nitrogens with one attached hydrogen (secondary N) is 2. The number of aromatic amines is 1. The summed E-state index contributed by atoms with van der Waals surface area (Å²) in [5.74, 6) is 0.452. The molecule has 1 amide bonds. The average molecular weight is 314 g/mol. The number of benzene rings is 1. The van der Waals surface area contributed by atoms with Crippen LogP contribution in [-0.4, -0.2) is 41.4 Å². The summed E-state index contributed by atoms with van der Waals surface area (Å²) in [6, 6.07) is 8.99. The number of rotatable bonds is 6. The van der Waals surface area contributed by atoms with Crippen molar-refractivity contribution in [3.63, 3.8) is 0 Å². The summed E-state index contributed by atoms with van der Waals surface area (Å²) in [6.07, 6.45) is 0.487. The molecule has 1 heterocycles. The molecule has 0 atom stereocenters. The Bertz CT molecular complexity index is 720. The highest BCUT2D eigenvalue weighted by molar-refractivity contribution is 5.94. The second-order valence-electron chi connectivity index (χ2n) is 5.77. The number of aryl methyl sites for hydroxylation is 1. The van der Waals surface area contributed by atoms with Crippen LogP contribution in [0.15, 0.2) is 35.1 Å². The van der Waals surface area contributed by atoms with E-state index in [9.17, 15) is 9.59 Å². The molecule has 0 saturated carbocycles. The predicted octanol–water partition coefficient (Wildman–Crippen LogP) is 1.11. The molecule has 0 unspecified atom stereocenters. The largest absolute Gasteiger partial charge is 0.352 e. The Morgan fingerprint density at radius 3 is 2.57 bits per heavy atom. The number of aromatic nitrogens is 2. The van der Waals surface area contributed by atoms with E-state index in [0.717, 1.165) is 12.1 Å². The van der Waals surface area contributed by atoms with Gasteiger partial charge in [0.1, 0.15) is 5.82 Å². The van der Waals surface area contributed by atoms with Crippen molar-refractivity contribution in [1.82, 2.24) is 20.2 Å². The molecule has 122 valence electrons. The molecule has 0 aliphatic heterocycles. The minimum Gasteiger partial charge on any atom is -0.352 e. The van der Waals surface area contributed by atoms with E-state index >= 15 is 0 Å². The topological polar surface area (TPSA) is 78.1 Å². The Labute approximate surface area is 135 Å². The maximum Gasteiger partial charge on any atom is 0.251 e. The van der Waals surface area contributed by atoms with E-state index in [1.807, 2.05) is 38.4 Å². The zero-order valence-electron chi connectivity index (χ0n) is 13.7. The Kier molecular flexibility index (Phi) is 5.65. The lowest BCUT2D eigenvalue weighted by atomic mass is 10.1. The van der Waals surface area contributed by atoms with E-state index in [1.54, 1.807) is 6.92 Å². The minimum absolute atomic E-state index is 0.128. The van der Waals surface area contributed by atoms with Gasteiger partial charge in [-0.2, -0.15) is 0 Å². The van der Waals surface area contributed by atoms with Crippen LogP contribution in [0.5, 0.6) is 0 Å². The van der Waals surface area contributed by atoms with Crippen molar-refractivity contribution in [3.8, 4) is 0 Å². The highest BCUT2D eigenvalue weighted by Gasteiger charge is 2.06. The molecular weight excluding hydrogens is 292 g/mol. The number of amides is 1. The first kappa shape index (κ1) is 16.9. The normalized spacial score (nSPS) is 10.8. The van der Waals surface area contributed by atoms with E-state index in [1.165, 1.54) is 6.07 Å². The Morgan fingerprint density at radius 2 is 1.96 bits per heavy atom. The van der Waals surface area contributed by atoms with Gasteiger partial charge in [0.2, 0.25) is 0 Å². The third kappa shape index (κ3) is 5.34. The fraction of sp³-hybridized carbons (Fsp3) is 0.353. The molecule has 6 nitrogen and oxygen atoms in total. The fourth-order valence-corrected chi connectivity index (χ4v) is 2.28. The first-order chi connectivity index (χ1) is 10.9. The second-order valence-corrected chi connectivity index (χ2v) is 5.77. The summed E-state index contributed by atoms with van der Waals surface area (Å²) >= 11 is 0. The molecule has 0 radical (unpaired) electrons. The SMILES string of the molecule is Cc1cc(=O)[nH]c(CCNC(=O)c2ccc(CN(C)C)cc2)n1.